The van der Waals surface area contributed by atoms with Crippen LogP contribution in [0.5, 0.6) is 0 Å². The molecule has 0 bridgehead atoms. The molecule has 2 heterocycles. The number of amides is 1. The topological polar surface area (TPSA) is 84.3 Å². The van der Waals surface area contributed by atoms with E-state index in [9.17, 15) is 13.2 Å². The normalized spacial score (nSPS) is 17.3. The standard InChI is InChI=1S/C22H24N4O3S/c27-22(23-17-19-9-4-5-10-20(19)26-12-6-11-24-26)21(18-7-2-1-3-8-18)25-13-15-30(28,29)16-14-25/h1-12,21H,13-17H2,(H,23,27). The van der Waals surface area contributed by atoms with E-state index in [0.29, 0.717) is 19.6 Å². The molecule has 0 saturated carbocycles. The SMILES string of the molecule is O=C(NCc1ccccc1-n1cccn1)C(c1ccccc1)N1CCS(=O)(=O)CC1. The van der Waals surface area contributed by atoms with E-state index in [1.165, 1.54) is 0 Å². The Kier molecular flexibility index (Phi) is 5.96. The lowest BCUT2D eigenvalue weighted by Gasteiger charge is -2.33. The Morgan fingerprint density at radius 3 is 2.40 bits per heavy atom. The second kappa shape index (κ2) is 8.81. The van der Waals surface area contributed by atoms with Crippen LogP contribution in [0.15, 0.2) is 73.1 Å². The van der Waals surface area contributed by atoms with Crippen molar-refractivity contribution >= 4 is 15.7 Å². The van der Waals surface area contributed by atoms with E-state index >= 15 is 0 Å². The van der Waals surface area contributed by atoms with Crippen LogP contribution in [-0.4, -0.2) is 53.6 Å². The van der Waals surface area contributed by atoms with E-state index in [1.54, 1.807) is 10.9 Å². The third-order valence-corrected chi connectivity index (χ3v) is 6.91. The van der Waals surface area contributed by atoms with Gasteiger partial charge in [-0.3, -0.25) is 9.69 Å². The number of aromatic nitrogens is 2. The zero-order valence-corrected chi connectivity index (χ0v) is 17.3. The van der Waals surface area contributed by atoms with Gasteiger partial charge in [-0.15, -0.1) is 0 Å². The predicted octanol–water partition coefficient (Wildman–Crippen LogP) is 1.96. The first-order valence-corrected chi connectivity index (χ1v) is 11.7. The van der Waals surface area contributed by atoms with Gasteiger partial charge in [-0.05, 0) is 23.3 Å². The molecule has 4 rings (SSSR count). The highest BCUT2D eigenvalue weighted by Crippen LogP contribution is 2.23. The van der Waals surface area contributed by atoms with Crippen LogP contribution in [0.25, 0.3) is 5.69 Å². The van der Waals surface area contributed by atoms with Gasteiger partial charge in [0.25, 0.3) is 0 Å². The molecule has 30 heavy (non-hydrogen) atoms. The molecule has 1 amide bonds. The van der Waals surface area contributed by atoms with Gasteiger partial charge >= 0.3 is 0 Å². The van der Waals surface area contributed by atoms with Gasteiger partial charge in [0.05, 0.1) is 17.2 Å². The lowest BCUT2D eigenvalue weighted by molar-refractivity contribution is -0.126. The third-order valence-electron chi connectivity index (χ3n) is 5.30. The van der Waals surface area contributed by atoms with Crippen molar-refractivity contribution in [2.24, 2.45) is 0 Å². The summed E-state index contributed by atoms with van der Waals surface area (Å²) in [6.45, 7) is 1.04. The number of para-hydroxylation sites is 1. The smallest absolute Gasteiger partial charge is 0.242 e. The van der Waals surface area contributed by atoms with Crippen molar-refractivity contribution in [3.8, 4) is 5.69 Å². The van der Waals surface area contributed by atoms with E-state index in [2.05, 4.69) is 10.4 Å². The van der Waals surface area contributed by atoms with Crippen molar-refractivity contribution in [2.75, 3.05) is 24.6 Å². The second-order valence-electron chi connectivity index (χ2n) is 7.30. The maximum atomic E-state index is 13.3. The minimum Gasteiger partial charge on any atom is -0.350 e. The van der Waals surface area contributed by atoms with Crippen LogP contribution in [0, 0.1) is 0 Å². The molecule has 156 valence electrons. The number of carbonyl (C=O) groups is 1. The molecule has 1 aliphatic rings. The molecule has 1 saturated heterocycles. The fourth-order valence-electron chi connectivity index (χ4n) is 3.72. The highest BCUT2D eigenvalue weighted by atomic mass is 32.2. The van der Waals surface area contributed by atoms with Crippen molar-refractivity contribution in [3.05, 3.63) is 84.2 Å². The van der Waals surface area contributed by atoms with Crippen molar-refractivity contribution in [1.82, 2.24) is 20.0 Å². The summed E-state index contributed by atoms with van der Waals surface area (Å²) in [6, 6.07) is 18.6. The molecule has 1 aromatic heterocycles. The minimum absolute atomic E-state index is 0.0751. The molecular weight excluding hydrogens is 400 g/mol. The van der Waals surface area contributed by atoms with Gasteiger partial charge in [0, 0.05) is 32.0 Å². The van der Waals surface area contributed by atoms with Crippen LogP contribution in [0.4, 0.5) is 0 Å². The van der Waals surface area contributed by atoms with Gasteiger partial charge < -0.3 is 5.32 Å². The molecular formula is C22H24N4O3S. The van der Waals surface area contributed by atoms with E-state index in [1.807, 2.05) is 71.8 Å². The molecule has 1 atom stereocenters. The van der Waals surface area contributed by atoms with Gasteiger partial charge in [0.2, 0.25) is 5.91 Å². The second-order valence-corrected chi connectivity index (χ2v) is 9.60. The van der Waals surface area contributed by atoms with Crippen molar-refractivity contribution in [2.45, 2.75) is 12.6 Å². The molecule has 1 N–H and O–H groups in total. The number of sulfone groups is 1. The Balaban J connectivity index is 1.54. The van der Waals surface area contributed by atoms with Crippen LogP contribution in [0.3, 0.4) is 0 Å². The molecule has 8 heteroatoms. The Labute approximate surface area is 176 Å². The summed E-state index contributed by atoms with van der Waals surface area (Å²) < 4.78 is 25.5. The summed E-state index contributed by atoms with van der Waals surface area (Å²) in [5, 5.41) is 7.33. The molecule has 1 unspecified atom stereocenters. The lowest BCUT2D eigenvalue weighted by Crippen LogP contribution is -2.47. The number of benzene rings is 2. The average molecular weight is 425 g/mol. The molecule has 2 aromatic carbocycles. The zero-order valence-electron chi connectivity index (χ0n) is 16.5. The summed E-state index contributed by atoms with van der Waals surface area (Å²) in [5.41, 5.74) is 2.71. The van der Waals surface area contributed by atoms with E-state index in [4.69, 9.17) is 0 Å². The van der Waals surface area contributed by atoms with Crippen molar-refractivity contribution in [3.63, 3.8) is 0 Å². The minimum atomic E-state index is -3.03. The average Bonchev–Trinajstić information content (AvgIpc) is 3.29. The van der Waals surface area contributed by atoms with Crippen LogP contribution >= 0.6 is 0 Å². The quantitative estimate of drug-likeness (QED) is 0.654. The Bertz CT molecular complexity index is 1080. The summed E-state index contributed by atoms with van der Waals surface area (Å²) in [5.74, 6) is 0.00748. The summed E-state index contributed by atoms with van der Waals surface area (Å²) in [4.78, 5) is 15.2. The largest absolute Gasteiger partial charge is 0.350 e. The molecule has 1 aliphatic heterocycles. The number of nitrogens with one attached hydrogen (secondary N) is 1. The zero-order chi connectivity index (χ0) is 21.0. The Morgan fingerprint density at radius 2 is 1.70 bits per heavy atom. The first-order valence-electron chi connectivity index (χ1n) is 9.88. The first-order chi connectivity index (χ1) is 14.5. The first kappa shape index (κ1) is 20.3. The number of rotatable bonds is 6. The summed E-state index contributed by atoms with van der Waals surface area (Å²) in [7, 11) is -3.03. The van der Waals surface area contributed by atoms with Crippen LogP contribution < -0.4 is 5.32 Å². The molecule has 7 nitrogen and oxygen atoms in total. The van der Waals surface area contributed by atoms with Gasteiger partial charge in [-0.1, -0.05) is 48.5 Å². The molecule has 0 spiro atoms. The van der Waals surface area contributed by atoms with Crippen molar-refractivity contribution in [1.29, 1.82) is 0 Å². The van der Waals surface area contributed by atoms with Crippen molar-refractivity contribution < 1.29 is 13.2 Å². The van der Waals surface area contributed by atoms with Crippen LogP contribution in [-0.2, 0) is 21.2 Å². The lowest BCUT2D eigenvalue weighted by atomic mass is 10.0. The van der Waals surface area contributed by atoms with Crippen LogP contribution in [0.1, 0.15) is 17.2 Å². The predicted molar refractivity (Wildman–Crippen MR) is 115 cm³/mol. The summed E-state index contributed by atoms with van der Waals surface area (Å²) >= 11 is 0. The highest BCUT2D eigenvalue weighted by Gasteiger charge is 2.32. The number of hydrogen-bond donors (Lipinski definition) is 1. The van der Waals surface area contributed by atoms with Gasteiger partial charge in [0.1, 0.15) is 6.04 Å². The monoisotopic (exact) mass is 424 g/mol. The van der Waals surface area contributed by atoms with Crippen LogP contribution in [0.2, 0.25) is 0 Å². The Hall–Kier alpha value is -2.97. The van der Waals surface area contributed by atoms with Gasteiger partial charge in [-0.25, -0.2) is 13.1 Å². The molecule has 3 aromatic rings. The number of hydrogen-bond acceptors (Lipinski definition) is 5. The molecule has 1 fully saturated rings. The fraction of sp³-hybridized carbons (Fsp3) is 0.273. The van der Waals surface area contributed by atoms with Gasteiger partial charge in [0.15, 0.2) is 9.84 Å². The number of carbonyl (C=O) groups excluding carboxylic acids is 1. The highest BCUT2D eigenvalue weighted by molar-refractivity contribution is 7.91. The van der Waals surface area contributed by atoms with E-state index in [0.717, 1.165) is 16.8 Å². The molecule has 0 aliphatic carbocycles. The van der Waals surface area contributed by atoms with E-state index in [-0.39, 0.29) is 17.4 Å². The third kappa shape index (κ3) is 4.60. The van der Waals surface area contributed by atoms with E-state index < -0.39 is 15.9 Å². The van der Waals surface area contributed by atoms with Gasteiger partial charge in [-0.2, -0.15) is 5.10 Å². The molecule has 0 radical (unpaired) electrons. The Morgan fingerprint density at radius 1 is 1.00 bits per heavy atom. The maximum absolute atomic E-state index is 13.3. The fourth-order valence-corrected chi connectivity index (χ4v) is 4.95. The summed E-state index contributed by atoms with van der Waals surface area (Å²) in [6.07, 6.45) is 3.58. The maximum Gasteiger partial charge on any atom is 0.242 e. The number of nitrogens with zero attached hydrogens (tertiary/aromatic N) is 3.